The van der Waals surface area contributed by atoms with Gasteiger partial charge in [-0.3, -0.25) is 0 Å². The molecule has 0 radical (unpaired) electrons. The van der Waals surface area contributed by atoms with Gasteiger partial charge in [-0.05, 0) is 0 Å². The maximum atomic E-state index is 5.73. The fourth-order valence-electron chi connectivity index (χ4n) is 2.29. The Kier molecular flexibility index (Phi) is 2.67. The van der Waals surface area contributed by atoms with Crippen LogP contribution in [0.1, 0.15) is 0 Å². The van der Waals surface area contributed by atoms with Crippen LogP contribution in [0.4, 0.5) is 0 Å². The monoisotopic (exact) mass is 184 g/mol. The van der Waals surface area contributed by atoms with E-state index in [9.17, 15) is 0 Å². The number of rotatable bonds is 4. The lowest BCUT2D eigenvalue weighted by atomic mass is 9.84. The SMILES string of the molecule is COC[C@@H]1C2C=CC(O2)[C@@H]1COC. The second-order valence-corrected chi connectivity index (χ2v) is 3.69. The predicted molar refractivity (Wildman–Crippen MR) is 48.5 cm³/mol. The summed E-state index contributed by atoms with van der Waals surface area (Å²) < 4.78 is 16.1. The van der Waals surface area contributed by atoms with E-state index in [1.165, 1.54) is 0 Å². The molecule has 2 aliphatic heterocycles. The summed E-state index contributed by atoms with van der Waals surface area (Å²) in [6, 6.07) is 0. The summed E-state index contributed by atoms with van der Waals surface area (Å²) in [6.07, 6.45) is 4.79. The van der Waals surface area contributed by atoms with Crippen LogP contribution >= 0.6 is 0 Å². The Labute approximate surface area is 78.7 Å². The van der Waals surface area contributed by atoms with Gasteiger partial charge < -0.3 is 14.2 Å². The lowest BCUT2D eigenvalue weighted by Gasteiger charge is -2.23. The van der Waals surface area contributed by atoms with Crippen LogP contribution in [0.3, 0.4) is 0 Å². The molecule has 2 heterocycles. The van der Waals surface area contributed by atoms with Gasteiger partial charge in [0.05, 0.1) is 25.4 Å². The van der Waals surface area contributed by atoms with E-state index in [4.69, 9.17) is 14.2 Å². The first-order valence-corrected chi connectivity index (χ1v) is 4.68. The molecule has 0 aromatic rings. The topological polar surface area (TPSA) is 27.7 Å². The van der Waals surface area contributed by atoms with E-state index in [1.807, 2.05) is 0 Å². The number of hydrogen-bond donors (Lipinski definition) is 0. The minimum atomic E-state index is 0.255. The molecule has 74 valence electrons. The predicted octanol–water partition coefficient (Wildman–Crippen LogP) is 0.849. The van der Waals surface area contributed by atoms with E-state index in [2.05, 4.69) is 12.2 Å². The van der Waals surface area contributed by atoms with Crippen LogP contribution in [-0.2, 0) is 14.2 Å². The van der Waals surface area contributed by atoms with E-state index in [1.54, 1.807) is 14.2 Å². The highest BCUT2D eigenvalue weighted by molar-refractivity contribution is 5.14. The summed E-state index contributed by atoms with van der Waals surface area (Å²) in [7, 11) is 3.47. The maximum Gasteiger partial charge on any atom is 0.0819 e. The smallest absolute Gasteiger partial charge is 0.0819 e. The average molecular weight is 184 g/mol. The molecule has 2 unspecified atom stereocenters. The Morgan fingerprint density at radius 3 is 1.85 bits per heavy atom. The van der Waals surface area contributed by atoms with Crippen molar-refractivity contribution in [2.45, 2.75) is 12.2 Å². The zero-order chi connectivity index (χ0) is 9.26. The van der Waals surface area contributed by atoms with Crippen molar-refractivity contribution in [2.75, 3.05) is 27.4 Å². The third-order valence-electron chi connectivity index (χ3n) is 2.92. The lowest BCUT2D eigenvalue weighted by molar-refractivity contribution is 0.0799. The minimum Gasteiger partial charge on any atom is -0.384 e. The molecule has 0 spiro atoms. The van der Waals surface area contributed by atoms with Crippen LogP contribution in [0.25, 0.3) is 0 Å². The quantitative estimate of drug-likeness (QED) is 0.606. The van der Waals surface area contributed by atoms with E-state index in [0.717, 1.165) is 13.2 Å². The summed E-state index contributed by atoms with van der Waals surface area (Å²) in [4.78, 5) is 0. The van der Waals surface area contributed by atoms with Gasteiger partial charge in [0.1, 0.15) is 0 Å². The van der Waals surface area contributed by atoms with Crippen molar-refractivity contribution in [1.29, 1.82) is 0 Å². The van der Waals surface area contributed by atoms with Crippen molar-refractivity contribution in [2.24, 2.45) is 11.8 Å². The van der Waals surface area contributed by atoms with Crippen molar-refractivity contribution >= 4 is 0 Å². The first kappa shape index (κ1) is 9.19. The molecule has 0 aromatic carbocycles. The van der Waals surface area contributed by atoms with Gasteiger partial charge in [0.15, 0.2) is 0 Å². The zero-order valence-corrected chi connectivity index (χ0v) is 8.10. The van der Waals surface area contributed by atoms with Crippen molar-refractivity contribution in [3.63, 3.8) is 0 Å². The van der Waals surface area contributed by atoms with Gasteiger partial charge in [0.2, 0.25) is 0 Å². The molecule has 1 fully saturated rings. The van der Waals surface area contributed by atoms with Gasteiger partial charge in [0.25, 0.3) is 0 Å². The first-order valence-electron chi connectivity index (χ1n) is 4.68. The first-order chi connectivity index (χ1) is 6.36. The number of ether oxygens (including phenoxy) is 3. The summed E-state index contributed by atoms with van der Waals surface area (Å²) in [5.74, 6) is 0.944. The van der Waals surface area contributed by atoms with Gasteiger partial charge in [-0.15, -0.1) is 0 Å². The third-order valence-corrected chi connectivity index (χ3v) is 2.92. The van der Waals surface area contributed by atoms with Gasteiger partial charge in [-0.25, -0.2) is 0 Å². The molecule has 3 heteroatoms. The zero-order valence-electron chi connectivity index (χ0n) is 8.10. The second kappa shape index (κ2) is 3.78. The van der Waals surface area contributed by atoms with Gasteiger partial charge in [0, 0.05) is 26.1 Å². The Morgan fingerprint density at radius 2 is 1.46 bits per heavy atom. The van der Waals surface area contributed by atoms with Crippen LogP contribution in [0.15, 0.2) is 12.2 Å². The summed E-state index contributed by atoms with van der Waals surface area (Å²) in [6.45, 7) is 1.53. The van der Waals surface area contributed by atoms with Crippen LogP contribution in [0.5, 0.6) is 0 Å². The molecule has 0 aliphatic carbocycles. The molecule has 2 aliphatic rings. The highest BCUT2D eigenvalue weighted by Gasteiger charge is 2.45. The molecule has 0 N–H and O–H groups in total. The van der Waals surface area contributed by atoms with Crippen LogP contribution < -0.4 is 0 Å². The number of methoxy groups -OCH3 is 2. The van der Waals surface area contributed by atoms with E-state index < -0.39 is 0 Å². The molecule has 0 aromatic heterocycles. The van der Waals surface area contributed by atoms with Crippen LogP contribution in [0.2, 0.25) is 0 Å². The molecule has 0 amide bonds. The maximum absolute atomic E-state index is 5.73. The minimum absolute atomic E-state index is 0.255. The average Bonchev–Trinajstić information content (AvgIpc) is 2.69. The van der Waals surface area contributed by atoms with Crippen LogP contribution in [-0.4, -0.2) is 39.6 Å². The largest absolute Gasteiger partial charge is 0.384 e. The van der Waals surface area contributed by atoms with Crippen molar-refractivity contribution in [1.82, 2.24) is 0 Å². The molecule has 0 saturated carbocycles. The highest BCUT2D eigenvalue weighted by Crippen LogP contribution is 2.39. The van der Waals surface area contributed by atoms with E-state index in [0.29, 0.717) is 11.8 Å². The van der Waals surface area contributed by atoms with E-state index in [-0.39, 0.29) is 12.2 Å². The second-order valence-electron chi connectivity index (χ2n) is 3.69. The molecular formula is C10H16O3. The molecular weight excluding hydrogens is 168 g/mol. The number of hydrogen-bond acceptors (Lipinski definition) is 3. The lowest BCUT2D eigenvalue weighted by Crippen LogP contribution is -2.30. The molecule has 4 atom stereocenters. The fraction of sp³-hybridized carbons (Fsp3) is 0.800. The Bertz CT molecular complexity index is 182. The van der Waals surface area contributed by atoms with Crippen molar-refractivity contribution < 1.29 is 14.2 Å². The number of fused-ring (bicyclic) bond motifs is 2. The summed E-state index contributed by atoms with van der Waals surface area (Å²) >= 11 is 0. The van der Waals surface area contributed by atoms with Crippen LogP contribution in [0, 0.1) is 11.8 Å². The standard InChI is InChI=1S/C10H16O3/c1-11-5-7-8(6-12-2)10-4-3-9(7)13-10/h3-4,7-10H,5-6H2,1-2H3/t7-,8+,9?,10?. The summed E-state index contributed by atoms with van der Waals surface area (Å²) in [5.41, 5.74) is 0. The Hall–Kier alpha value is -0.380. The molecule has 13 heavy (non-hydrogen) atoms. The highest BCUT2D eigenvalue weighted by atomic mass is 16.5. The van der Waals surface area contributed by atoms with Gasteiger partial charge >= 0.3 is 0 Å². The fourth-order valence-corrected chi connectivity index (χ4v) is 2.29. The Balaban J connectivity index is 2.02. The van der Waals surface area contributed by atoms with Gasteiger partial charge in [-0.2, -0.15) is 0 Å². The van der Waals surface area contributed by atoms with Crippen molar-refractivity contribution in [3.8, 4) is 0 Å². The van der Waals surface area contributed by atoms with E-state index >= 15 is 0 Å². The third kappa shape index (κ3) is 1.52. The van der Waals surface area contributed by atoms with Gasteiger partial charge in [-0.1, -0.05) is 12.2 Å². The molecule has 2 rings (SSSR count). The van der Waals surface area contributed by atoms with Crippen molar-refractivity contribution in [3.05, 3.63) is 12.2 Å². The summed E-state index contributed by atoms with van der Waals surface area (Å²) in [5, 5.41) is 0. The molecule has 1 saturated heterocycles. The molecule has 2 bridgehead atoms. The molecule has 3 nitrogen and oxygen atoms in total. The Morgan fingerprint density at radius 1 is 1.00 bits per heavy atom. The normalized spacial score (nSPS) is 41.7.